The Kier molecular flexibility index (Phi) is 5.52. The average Bonchev–Trinajstić information content (AvgIpc) is 2.90. The van der Waals surface area contributed by atoms with Crippen LogP contribution in [0.25, 0.3) is 6.08 Å². The Balaban J connectivity index is 1.82. The van der Waals surface area contributed by atoms with Gasteiger partial charge in [-0.1, -0.05) is 40.2 Å². The molecule has 0 aliphatic carbocycles. The van der Waals surface area contributed by atoms with Gasteiger partial charge < -0.3 is 0 Å². The van der Waals surface area contributed by atoms with Crippen molar-refractivity contribution in [2.75, 3.05) is 6.54 Å². The molecule has 0 saturated carbocycles. The summed E-state index contributed by atoms with van der Waals surface area (Å²) >= 11 is 3.92. The lowest BCUT2D eigenvalue weighted by Gasteiger charge is -2.11. The maximum absolute atomic E-state index is 12.5. The van der Waals surface area contributed by atoms with Crippen LogP contribution >= 0.6 is 27.7 Å². The number of thioether (sulfide) groups is 1. The maximum Gasteiger partial charge on any atom is 0.293 e. The number of nitrogens with zero attached hydrogens (tertiary/aromatic N) is 2. The Bertz CT molecular complexity index is 988. The second kappa shape index (κ2) is 7.85. The molecular weight excluding hydrogens is 436 g/mol. The molecule has 0 spiro atoms. The SMILES string of the molecule is O=C(CN1C(=O)S/C(=C/c2ccccc2[N+](=O)[O-])C1=O)c1ccc(Br)cc1. The van der Waals surface area contributed by atoms with Gasteiger partial charge >= 0.3 is 0 Å². The number of ketones is 1. The van der Waals surface area contributed by atoms with Crippen LogP contribution in [0.4, 0.5) is 10.5 Å². The summed E-state index contributed by atoms with van der Waals surface area (Å²) in [6, 6.07) is 12.5. The molecule has 2 aromatic rings. The summed E-state index contributed by atoms with van der Waals surface area (Å²) in [6.07, 6.45) is 1.30. The molecule has 1 fully saturated rings. The molecule has 7 nitrogen and oxygen atoms in total. The van der Waals surface area contributed by atoms with Crippen molar-refractivity contribution in [1.82, 2.24) is 4.90 Å². The van der Waals surface area contributed by atoms with Crippen molar-refractivity contribution in [3.8, 4) is 0 Å². The molecule has 1 aliphatic rings. The largest absolute Gasteiger partial charge is 0.293 e. The van der Waals surface area contributed by atoms with Crippen molar-refractivity contribution in [1.29, 1.82) is 0 Å². The van der Waals surface area contributed by atoms with Crippen LogP contribution in [0.5, 0.6) is 0 Å². The lowest BCUT2D eigenvalue weighted by atomic mass is 10.1. The van der Waals surface area contributed by atoms with Crippen LogP contribution in [-0.2, 0) is 4.79 Å². The number of Topliss-reactive ketones (excluding diaryl/α,β-unsaturated/α-hetero) is 1. The van der Waals surface area contributed by atoms with Gasteiger partial charge in [0.1, 0.15) is 0 Å². The van der Waals surface area contributed by atoms with E-state index in [4.69, 9.17) is 0 Å². The molecule has 0 atom stereocenters. The fraction of sp³-hybridized carbons (Fsp3) is 0.0556. The van der Waals surface area contributed by atoms with E-state index in [1.165, 1.54) is 24.3 Å². The Morgan fingerprint density at radius 3 is 2.48 bits per heavy atom. The molecule has 2 aromatic carbocycles. The first-order valence-corrected chi connectivity index (χ1v) is 9.25. The molecule has 1 aliphatic heterocycles. The van der Waals surface area contributed by atoms with Gasteiger partial charge in [-0.15, -0.1) is 0 Å². The van der Waals surface area contributed by atoms with E-state index in [0.29, 0.717) is 17.3 Å². The first-order valence-electron chi connectivity index (χ1n) is 7.64. The standard InChI is InChI=1S/C18H11BrN2O5S/c19-13-7-5-11(6-8-13)15(22)10-20-17(23)16(27-18(20)24)9-12-3-1-2-4-14(12)21(25)26/h1-9H,10H2/b16-9+. The van der Waals surface area contributed by atoms with Crippen molar-refractivity contribution < 1.29 is 19.3 Å². The molecule has 2 amide bonds. The maximum atomic E-state index is 12.5. The van der Waals surface area contributed by atoms with Crippen LogP contribution in [-0.4, -0.2) is 33.3 Å². The van der Waals surface area contributed by atoms with Gasteiger partial charge in [0.25, 0.3) is 16.8 Å². The van der Waals surface area contributed by atoms with Crippen LogP contribution in [0.3, 0.4) is 0 Å². The van der Waals surface area contributed by atoms with Crippen LogP contribution in [0.1, 0.15) is 15.9 Å². The molecule has 0 bridgehead atoms. The number of imide groups is 1. The Hall–Kier alpha value is -2.78. The van der Waals surface area contributed by atoms with Crippen molar-refractivity contribution >= 4 is 56.4 Å². The zero-order valence-corrected chi connectivity index (χ0v) is 16.0. The summed E-state index contributed by atoms with van der Waals surface area (Å²) in [6.45, 7) is -0.388. The molecule has 136 valence electrons. The van der Waals surface area contributed by atoms with Crippen LogP contribution in [0, 0.1) is 10.1 Å². The van der Waals surface area contributed by atoms with E-state index in [1.54, 1.807) is 30.3 Å². The molecule has 0 aromatic heterocycles. The van der Waals surface area contributed by atoms with Gasteiger partial charge in [-0.3, -0.25) is 29.4 Å². The van der Waals surface area contributed by atoms with Crippen molar-refractivity contribution in [3.63, 3.8) is 0 Å². The number of amides is 2. The van der Waals surface area contributed by atoms with Gasteiger partial charge in [-0.25, -0.2) is 0 Å². The fourth-order valence-electron chi connectivity index (χ4n) is 2.42. The van der Waals surface area contributed by atoms with Crippen LogP contribution in [0.15, 0.2) is 57.9 Å². The first kappa shape index (κ1) is 19.0. The van der Waals surface area contributed by atoms with E-state index in [9.17, 15) is 24.5 Å². The molecule has 1 saturated heterocycles. The molecule has 0 radical (unpaired) electrons. The molecule has 0 unspecified atom stereocenters. The molecule has 3 rings (SSSR count). The molecule has 9 heteroatoms. The van der Waals surface area contributed by atoms with Crippen molar-refractivity contribution in [3.05, 3.63) is 79.2 Å². The highest BCUT2D eigenvalue weighted by molar-refractivity contribution is 9.10. The summed E-state index contributed by atoms with van der Waals surface area (Å²) in [5.41, 5.74) is 0.419. The summed E-state index contributed by atoms with van der Waals surface area (Å²) in [4.78, 5) is 48.4. The van der Waals surface area contributed by atoms with E-state index in [0.717, 1.165) is 9.37 Å². The number of carbonyl (C=O) groups is 3. The third-order valence-electron chi connectivity index (χ3n) is 3.76. The third kappa shape index (κ3) is 4.15. The van der Waals surface area contributed by atoms with Crippen molar-refractivity contribution in [2.24, 2.45) is 0 Å². The fourth-order valence-corrected chi connectivity index (χ4v) is 3.52. The summed E-state index contributed by atoms with van der Waals surface area (Å²) in [7, 11) is 0. The van der Waals surface area contributed by atoms with Crippen molar-refractivity contribution in [2.45, 2.75) is 0 Å². The third-order valence-corrected chi connectivity index (χ3v) is 5.20. The van der Waals surface area contributed by atoms with Gasteiger partial charge in [0, 0.05) is 16.1 Å². The lowest BCUT2D eigenvalue weighted by Crippen LogP contribution is -2.33. The quantitative estimate of drug-likeness (QED) is 0.294. The summed E-state index contributed by atoms with van der Waals surface area (Å²) in [5, 5.41) is 10.5. The predicted molar refractivity (Wildman–Crippen MR) is 104 cm³/mol. The monoisotopic (exact) mass is 446 g/mol. The van der Waals surface area contributed by atoms with Crippen LogP contribution < -0.4 is 0 Å². The topological polar surface area (TPSA) is 97.6 Å². The number of nitro groups is 1. The van der Waals surface area contributed by atoms with E-state index in [-0.39, 0.29) is 28.5 Å². The highest BCUT2D eigenvalue weighted by Gasteiger charge is 2.36. The van der Waals surface area contributed by atoms with Crippen LogP contribution in [0.2, 0.25) is 0 Å². The van der Waals surface area contributed by atoms with Gasteiger partial charge in [0.15, 0.2) is 5.78 Å². The second-order valence-corrected chi connectivity index (χ2v) is 7.42. The van der Waals surface area contributed by atoms with Gasteiger partial charge in [0.2, 0.25) is 0 Å². The number of nitro benzene ring substituents is 1. The molecule has 0 N–H and O–H groups in total. The lowest BCUT2D eigenvalue weighted by molar-refractivity contribution is -0.385. The van der Waals surface area contributed by atoms with Gasteiger partial charge in [0.05, 0.1) is 21.9 Å². The normalized spacial score (nSPS) is 15.4. The highest BCUT2D eigenvalue weighted by atomic mass is 79.9. The number of halogens is 1. The zero-order chi connectivity index (χ0) is 19.6. The number of hydrogen-bond donors (Lipinski definition) is 0. The summed E-state index contributed by atoms with van der Waals surface area (Å²) in [5.74, 6) is -1.02. The van der Waals surface area contributed by atoms with Gasteiger partial charge in [-0.2, -0.15) is 0 Å². The Morgan fingerprint density at radius 1 is 1.15 bits per heavy atom. The second-order valence-electron chi connectivity index (χ2n) is 5.51. The zero-order valence-electron chi connectivity index (χ0n) is 13.6. The number of rotatable bonds is 5. The van der Waals surface area contributed by atoms with E-state index in [1.807, 2.05) is 0 Å². The predicted octanol–water partition coefficient (Wildman–Crippen LogP) is 4.28. The average molecular weight is 447 g/mol. The number of carbonyl (C=O) groups excluding carboxylic acids is 3. The minimum Gasteiger partial charge on any atom is -0.292 e. The minimum atomic E-state index is -0.645. The highest BCUT2D eigenvalue weighted by Crippen LogP contribution is 2.34. The van der Waals surface area contributed by atoms with Gasteiger partial charge in [-0.05, 0) is 36.0 Å². The Morgan fingerprint density at radius 2 is 1.81 bits per heavy atom. The number of benzene rings is 2. The van der Waals surface area contributed by atoms with E-state index < -0.39 is 16.1 Å². The first-order chi connectivity index (χ1) is 12.9. The summed E-state index contributed by atoms with van der Waals surface area (Å²) < 4.78 is 0.803. The minimum absolute atomic E-state index is 0.0397. The smallest absolute Gasteiger partial charge is 0.292 e. The molecule has 27 heavy (non-hydrogen) atoms. The number of para-hydroxylation sites is 1. The van der Waals surface area contributed by atoms with E-state index in [2.05, 4.69) is 15.9 Å². The molecular formula is C18H11BrN2O5S. The number of hydrogen-bond acceptors (Lipinski definition) is 6. The molecule has 1 heterocycles. The Labute approximate surface area is 166 Å². The van der Waals surface area contributed by atoms with E-state index >= 15 is 0 Å².